The molecule has 96 valence electrons. The highest BCUT2D eigenvalue weighted by Gasteiger charge is 2.24. The van der Waals surface area contributed by atoms with Crippen LogP contribution in [0.25, 0.3) is 11.3 Å². The lowest BCUT2D eigenvalue weighted by Crippen LogP contribution is -2.32. The Kier molecular flexibility index (Phi) is 2.39. The lowest BCUT2D eigenvalue weighted by molar-refractivity contribution is 0.0928. The van der Waals surface area contributed by atoms with Crippen molar-refractivity contribution in [2.24, 2.45) is 14.1 Å². The van der Waals surface area contributed by atoms with Gasteiger partial charge in [-0.25, -0.2) is 18.7 Å². The highest BCUT2D eigenvalue weighted by atomic mass is 16.2. The van der Waals surface area contributed by atoms with Gasteiger partial charge in [-0.05, 0) is 0 Å². The van der Waals surface area contributed by atoms with Crippen LogP contribution >= 0.6 is 0 Å². The molecule has 0 saturated carbocycles. The number of hydrogen-bond donors (Lipinski definition) is 0. The van der Waals surface area contributed by atoms with E-state index >= 15 is 0 Å². The smallest absolute Gasteiger partial charge is 0.279 e. The monoisotopic (exact) mass is 252 g/mol. The van der Waals surface area contributed by atoms with E-state index in [0.717, 1.165) is 18.3 Å². The Hall–Kier alpha value is -2.38. The zero-order valence-corrected chi connectivity index (χ0v) is 10.4. The SMILES string of the molecule is CC(=O)n1c(=O)n(C)c2c1n(C)c(=O)n2C(C)=O. The van der Waals surface area contributed by atoms with Gasteiger partial charge in [0.25, 0.3) is 0 Å². The summed E-state index contributed by atoms with van der Waals surface area (Å²) in [6.07, 6.45) is 0. The van der Waals surface area contributed by atoms with Crippen molar-refractivity contribution in [2.45, 2.75) is 13.8 Å². The van der Waals surface area contributed by atoms with Crippen molar-refractivity contribution >= 4 is 23.1 Å². The largest absolute Gasteiger partial charge is 0.338 e. The van der Waals surface area contributed by atoms with E-state index in [1.165, 1.54) is 27.9 Å². The van der Waals surface area contributed by atoms with Crippen molar-refractivity contribution in [1.82, 2.24) is 18.3 Å². The molecule has 8 heteroatoms. The second-order valence-electron chi connectivity index (χ2n) is 4.04. The lowest BCUT2D eigenvalue weighted by atomic mass is 10.6. The molecule has 0 aliphatic heterocycles. The molecule has 2 aromatic heterocycles. The van der Waals surface area contributed by atoms with Crippen molar-refractivity contribution in [2.75, 3.05) is 0 Å². The van der Waals surface area contributed by atoms with Gasteiger partial charge in [0.05, 0.1) is 0 Å². The predicted molar refractivity (Wildman–Crippen MR) is 63.0 cm³/mol. The van der Waals surface area contributed by atoms with Gasteiger partial charge in [0.2, 0.25) is 11.8 Å². The van der Waals surface area contributed by atoms with E-state index in [9.17, 15) is 19.2 Å². The molecule has 2 heterocycles. The maximum atomic E-state index is 11.9. The summed E-state index contributed by atoms with van der Waals surface area (Å²) in [5.41, 5.74) is -0.929. The standard InChI is InChI=1S/C10H12N4O4/c1-5(15)13-7-8(12(4)9(13)17)14(6(2)16)10(18)11(7)3/h1-4H3. The summed E-state index contributed by atoms with van der Waals surface area (Å²) in [5, 5.41) is 0. The minimum atomic E-state index is -0.585. The van der Waals surface area contributed by atoms with Crippen molar-refractivity contribution in [3.63, 3.8) is 0 Å². The fraction of sp³-hybridized carbons (Fsp3) is 0.400. The van der Waals surface area contributed by atoms with E-state index in [2.05, 4.69) is 0 Å². The van der Waals surface area contributed by atoms with Gasteiger partial charge in [0.1, 0.15) is 0 Å². The third-order valence-corrected chi connectivity index (χ3v) is 2.85. The molecular formula is C10H12N4O4. The Balaban J connectivity index is 3.21. The third-order valence-electron chi connectivity index (χ3n) is 2.85. The summed E-state index contributed by atoms with van der Waals surface area (Å²) in [6.45, 7) is 2.44. The molecule has 0 saturated heterocycles. The van der Waals surface area contributed by atoms with Gasteiger partial charge < -0.3 is 0 Å². The summed E-state index contributed by atoms with van der Waals surface area (Å²) in [4.78, 5) is 46.7. The Morgan fingerprint density at radius 1 is 0.778 bits per heavy atom. The van der Waals surface area contributed by atoms with Gasteiger partial charge in [-0.15, -0.1) is 0 Å². The molecule has 0 N–H and O–H groups in total. The summed E-state index contributed by atoms with van der Waals surface area (Å²) in [5.74, 6) is -1.02. The van der Waals surface area contributed by atoms with Crippen LogP contribution in [0.5, 0.6) is 0 Å². The number of fused-ring (bicyclic) bond motifs is 1. The van der Waals surface area contributed by atoms with Crippen molar-refractivity contribution in [1.29, 1.82) is 0 Å². The highest BCUT2D eigenvalue weighted by Crippen LogP contribution is 2.10. The first-order valence-electron chi connectivity index (χ1n) is 5.20. The second kappa shape index (κ2) is 3.56. The molecule has 0 spiro atoms. The van der Waals surface area contributed by atoms with Gasteiger partial charge in [-0.3, -0.25) is 18.7 Å². The minimum absolute atomic E-state index is 0.121. The zero-order chi connectivity index (χ0) is 13.8. The van der Waals surface area contributed by atoms with Crippen LogP contribution in [0.4, 0.5) is 0 Å². The van der Waals surface area contributed by atoms with E-state index < -0.39 is 23.2 Å². The molecule has 0 aromatic carbocycles. The average Bonchev–Trinajstić information content (AvgIpc) is 2.66. The van der Waals surface area contributed by atoms with Gasteiger partial charge in [0.15, 0.2) is 11.3 Å². The topological polar surface area (TPSA) is 88.0 Å². The van der Waals surface area contributed by atoms with E-state index in [1.54, 1.807) is 0 Å². The molecule has 8 nitrogen and oxygen atoms in total. The number of aromatic nitrogens is 4. The molecule has 0 aliphatic rings. The summed E-state index contributed by atoms with van der Waals surface area (Å²) < 4.78 is 3.96. The molecule has 0 fully saturated rings. The maximum Gasteiger partial charge on any atom is 0.338 e. The first kappa shape index (κ1) is 12.1. The molecule has 2 aromatic rings. The normalized spacial score (nSPS) is 11.1. The number of nitrogens with zero attached hydrogens (tertiary/aromatic N) is 4. The Morgan fingerprint density at radius 2 is 1.06 bits per heavy atom. The van der Waals surface area contributed by atoms with Crippen LogP contribution in [0.15, 0.2) is 9.59 Å². The van der Waals surface area contributed by atoms with Crippen LogP contribution in [0.2, 0.25) is 0 Å². The van der Waals surface area contributed by atoms with Crippen LogP contribution in [0.1, 0.15) is 23.4 Å². The molecule has 0 bridgehead atoms. The van der Waals surface area contributed by atoms with Gasteiger partial charge in [0, 0.05) is 27.9 Å². The van der Waals surface area contributed by atoms with Gasteiger partial charge in [-0.1, -0.05) is 0 Å². The van der Waals surface area contributed by atoms with Crippen LogP contribution in [0.3, 0.4) is 0 Å². The summed E-state index contributed by atoms with van der Waals surface area (Å²) in [6, 6.07) is 0. The number of aryl methyl sites for hydroxylation is 2. The number of carbonyl (C=O) groups is 2. The Morgan fingerprint density at radius 3 is 1.28 bits per heavy atom. The fourth-order valence-corrected chi connectivity index (χ4v) is 2.03. The first-order valence-corrected chi connectivity index (χ1v) is 5.20. The van der Waals surface area contributed by atoms with Crippen molar-refractivity contribution in [3.8, 4) is 0 Å². The van der Waals surface area contributed by atoms with Crippen molar-refractivity contribution < 1.29 is 9.59 Å². The third kappa shape index (κ3) is 1.25. The number of imidazole rings is 2. The lowest BCUT2D eigenvalue weighted by Gasteiger charge is -1.97. The van der Waals surface area contributed by atoms with Crippen LogP contribution in [-0.4, -0.2) is 30.1 Å². The van der Waals surface area contributed by atoms with Crippen molar-refractivity contribution in [3.05, 3.63) is 21.0 Å². The van der Waals surface area contributed by atoms with E-state index in [-0.39, 0.29) is 11.3 Å². The van der Waals surface area contributed by atoms with E-state index in [4.69, 9.17) is 0 Å². The molecule has 0 aliphatic carbocycles. The molecule has 2 rings (SSSR count). The maximum absolute atomic E-state index is 11.9. The minimum Gasteiger partial charge on any atom is -0.279 e. The van der Waals surface area contributed by atoms with Gasteiger partial charge >= 0.3 is 11.4 Å². The Labute approximate surface area is 101 Å². The Bertz CT molecular complexity index is 731. The molecular weight excluding hydrogens is 240 g/mol. The first-order chi connectivity index (χ1) is 8.29. The number of carbonyl (C=O) groups excluding carboxylic acids is 2. The molecule has 0 radical (unpaired) electrons. The number of rotatable bonds is 0. The highest BCUT2D eigenvalue weighted by molar-refractivity contribution is 5.91. The average molecular weight is 252 g/mol. The zero-order valence-electron chi connectivity index (χ0n) is 10.4. The molecule has 0 unspecified atom stereocenters. The second-order valence-corrected chi connectivity index (χ2v) is 4.04. The quantitative estimate of drug-likeness (QED) is 0.611. The predicted octanol–water partition coefficient (Wildman–Crippen LogP) is -0.840. The van der Waals surface area contributed by atoms with Crippen LogP contribution in [0, 0.1) is 0 Å². The molecule has 18 heavy (non-hydrogen) atoms. The van der Waals surface area contributed by atoms with E-state index in [0.29, 0.717) is 0 Å². The summed E-state index contributed by atoms with van der Waals surface area (Å²) >= 11 is 0. The van der Waals surface area contributed by atoms with Crippen LogP contribution in [-0.2, 0) is 14.1 Å². The van der Waals surface area contributed by atoms with Gasteiger partial charge in [-0.2, -0.15) is 0 Å². The van der Waals surface area contributed by atoms with Crippen LogP contribution < -0.4 is 11.4 Å². The molecule has 0 amide bonds. The fourth-order valence-electron chi connectivity index (χ4n) is 2.03. The number of hydrogen-bond acceptors (Lipinski definition) is 4. The summed E-state index contributed by atoms with van der Waals surface area (Å²) in [7, 11) is 2.81. The van der Waals surface area contributed by atoms with E-state index in [1.807, 2.05) is 0 Å². The molecule has 0 atom stereocenters.